The van der Waals surface area contributed by atoms with Crippen molar-refractivity contribution in [3.05, 3.63) is 35.9 Å². The molecule has 0 spiro atoms. The Morgan fingerprint density at radius 2 is 2.10 bits per heavy atom. The standard InChI is InChI=1S/C16H21NO3/c1-12(14-6-4-3-5-7-14)17-11-13(10-15(17)18)8-9-16(19)20-2/h3-7,12-13H,8-11H2,1-2H3/t12-,13+/m1/s1. The van der Waals surface area contributed by atoms with Gasteiger partial charge in [0.05, 0.1) is 13.2 Å². The third kappa shape index (κ3) is 3.38. The SMILES string of the molecule is COC(=O)CC[C@H]1CC(=O)N([C@H](C)c2ccccc2)C1. The van der Waals surface area contributed by atoms with E-state index in [1.807, 2.05) is 35.2 Å². The molecule has 0 N–H and O–H groups in total. The number of carbonyl (C=O) groups is 2. The van der Waals surface area contributed by atoms with Gasteiger partial charge in [-0.2, -0.15) is 0 Å². The number of esters is 1. The number of ether oxygens (including phenoxy) is 1. The lowest BCUT2D eigenvalue weighted by molar-refractivity contribution is -0.141. The van der Waals surface area contributed by atoms with Crippen LogP contribution in [0.3, 0.4) is 0 Å². The fourth-order valence-corrected chi connectivity index (χ4v) is 2.71. The summed E-state index contributed by atoms with van der Waals surface area (Å²) in [7, 11) is 1.39. The number of hydrogen-bond donors (Lipinski definition) is 0. The van der Waals surface area contributed by atoms with E-state index in [4.69, 9.17) is 0 Å². The van der Waals surface area contributed by atoms with Crippen LogP contribution in [0.1, 0.15) is 37.8 Å². The predicted octanol–water partition coefficient (Wildman–Crippen LogP) is 2.55. The first-order valence-electron chi connectivity index (χ1n) is 7.03. The molecule has 1 aromatic rings. The van der Waals surface area contributed by atoms with Crippen molar-refractivity contribution in [3.63, 3.8) is 0 Å². The molecule has 1 aliphatic rings. The Morgan fingerprint density at radius 3 is 2.75 bits per heavy atom. The predicted molar refractivity (Wildman–Crippen MR) is 75.9 cm³/mol. The second kappa shape index (κ2) is 6.55. The quantitative estimate of drug-likeness (QED) is 0.776. The molecule has 0 saturated carbocycles. The van der Waals surface area contributed by atoms with Crippen molar-refractivity contribution in [2.24, 2.45) is 5.92 Å². The topological polar surface area (TPSA) is 46.6 Å². The second-order valence-corrected chi connectivity index (χ2v) is 5.32. The monoisotopic (exact) mass is 275 g/mol. The third-order valence-electron chi connectivity index (χ3n) is 3.97. The first-order chi connectivity index (χ1) is 9.61. The van der Waals surface area contributed by atoms with E-state index in [-0.39, 0.29) is 23.8 Å². The molecule has 1 fully saturated rings. The van der Waals surface area contributed by atoms with Crippen LogP contribution in [0.25, 0.3) is 0 Å². The zero-order valence-corrected chi connectivity index (χ0v) is 12.0. The van der Waals surface area contributed by atoms with Gasteiger partial charge in [0.15, 0.2) is 0 Å². The summed E-state index contributed by atoms with van der Waals surface area (Å²) in [6, 6.07) is 10.1. The van der Waals surface area contributed by atoms with Gasteiger partial charge in [0.1, 0.15) is 0 Å². The molecule has 0 aromatic heterocycles. The average Bonchev–Trinajstić information content (AvgIpc) is 2.86. The van der Waals surface area contributed by atoms with Crippen LogP contribution < -0.4 is 0 Å². The summed E-state index contributed by atoms with van der Waals surface area (Å²) in [4.78, 5) is 25.2. The lowest BCUT2D eigenvalue weighted by Crippen LogP contribution is -2.28. The fourth-order valence-electron chi connectivity index (χ4n) is 2.71. The van der Waals surface area contributed by atoms with Crippen LogP contribution in [0.4, 0.5) is 0 Å². The molecule has 0 unspecified atom stereocenters. The Kier molecular flexibility index (Phi) is 4.77. The summed E-state index contributed by atoms with van der Waals surface area (Å²) >= 11 is 0. The van der Waals surface area contributed by atoms with E-state index >= 15 is 0 Å². The molecule has 20 heavy (non-hydrogen) atoms. The van der Waals surface area contributed by atoms with Gasteiger partial charge in [0.25, 0.3) is 0 Å². The van der Waals surface area contributed by atoms with Crippen molar-refractivity contribution >= 4 is 11.9 Å². The Labute approximate surface area is 119 Å². The van der Waals surface area contributed by atoms with E-state index in [1.165, 1.54) is 7.11 Å². The zero-order valence-electron chi connectivity index (χ0n) is 12.0. The van der Waals surface area contributed by atoms with Crippen LogP contribution in [0.15, 0.2) is 30.3 Å². The maximum Gasteiger partial charge on any atom is 0.305 e. The van der Waals surface area contributed by atoms with Gasteiger partial charge in [-0.15, -0.1) is 0 Å². The number of carbonyl (C=O) groups excluding carboxylic acids is 2. The first kappa shape index (κ1) is 14.6. The normalized spacial score (nSPS) is 20.0. The van der Waals surface area contributed by atoms with Gasteiger partial charge >= 0.3 is 5.97 Å². The smallest absolute Gasteiger partial charge is 0.305 e. The number of likely N-dealkylation sites (tertiary alicyclic amines) is 1. The van der Waals surface area contributed by atoms with Crippen LogP contribution in [-0.2, 0) is 14.3 Å². The van der Waals surface area contributed by atoms with Gasteiger partial charge in [-0.05, 0) is 24.8 Å². The molecule has 2 atom stereocenters. The van der Waals surface area contributed by atoms with E-state index in [1.54, 1.807) is 0 Å². The molecule has 1 amide bonds. The summed E-state index contributed by atoms with van der Waals surface area (Å²) in [5, 5.41) is 0. The van der Waals surface area contributed by atoms with Crippen molar-refractivity contribution in [3.8, 4) is 0 Å². The van der Waals surface area contributed by atoms with Gasteiger partial charge in [-0.3, -0.25) is 9.59 Å². The van der Waals surface area contributed by atoms with Crippen LogP contribution in [0.2, 0.25) is 0 Å². The lowest BCUT2D eigenvalue weighted by atomic mass is 10.0. The molecule has 0 bridgehead atoms. The minimum atomic E-state index is -0.202. The Balaban J connectivity index is 1.94. The Hall–Kier alpha value is -1.84. The molecule has 2 rings (SSSR count). The maximum absolute atomic E-state index is 12.1. The summed E-state index contributed by atoms with van der Waals surface area (Å²) in [5.41, 5.74) is 1.15. The van der Waals surface area contributed by atoms with Crippen molar-refractivity contribution in [2.75, 3.05) is 13.7 Å². The number of rotatable bonds is 5. The summed E-state index contributed by atoms with van der Waals surface area (Å²) in [6.07, 6.45) is 1.65. The summed E-state index contributed by atoms with van der Waals surface area (Å²) in [6.45, 7) is 2.78. The molecule has 4 heteroatoms. The van der Waals surface area contributed by atoms with Gasteiger partial charge in [0, 0.05) is 19.4 Å². The van der Waals surface area contributed by atoms with Gasteiger partial charge < -0.3 is 9.64 Å². The van der Waals surface area contributed by atoms with Crippen molar-refractivity contribution in [1.29, 1.82) is 0 Å². The Morgan fingerprint density at radius 1 is 1.40 bits per heavy atom. The molecular weight excluding hydrogens is 254 g/mol. The van der Waals surface area contributed by atoms with Gasteiger partial charge in [-0.1, -0.05) is 30.3 Å². The van der Waals surface area contributed by atoms with E-state index in [0.717, 1.165) is 18.5 Å². The van der Waals surface area contributed by atoms with E-state index in [0.29, 0.717) is 12.8 Å². The van der Waals surface area contributed by atoms with Crippen molar-refractivity contribution < 1.29 is 14.3 Å². The fraction of sp³-hybridized carbons (Fsp3) is 0.500. The van der Waals surface area contributed by atoms with Crippen LogP contribution in [0.5, 0.6) is 0 Å². The van der Waals surface area contributed by atoms with Crippen LogP contribution in [-0.4, -0.2) is 30.4 Å². The molecule has 1 saturated heterocycles. The van der Waals surface area contributed by atoms with Gasteiger partial charge in [-0.25, -0.2) is 0 Å². The number of hydrogen-bond acceptors (Lipinski definition) is 3. The molecule has 0 aliphatic carbocycles. The largest absolute Gasteiger partial charge is 0.469 e. The highest BCUT2D eigenvalue weighted by Gasteiger charge is 2.33. The molecule has 1 aromatic carbocycles. The lowest BCUT2D eigenvalue weighted by Gasteiger charge is -2.25. The van der Waals surface area contributed by atoms with E-state index < -0.39 is 0 Å². The first-order valence-corrected chi connectivity index (χ1v) is 7.03. The summed E-state index contributed by atoms with van der Waals surface area (Å²) in [5.74, 6) is 0.232. The molecule has 1 heterocycles. The molecule has 108 valence electrons. The second-order valence-electron chi connectivity index (χ2n) is 5.32. The van der Waals surface area contributed by atoms with Gasteiger partial charge in [0.2, 0.25) is 5.91 Å². The van der Waals surface area contributed by atoms with E-state index in [2.05, 4.69) is 11.7 Å². The average molecular weight is 275 g/mol. The maximum atomic E-state index is 12.1. The highest BCUT2D eigenvalue weighted by molar-refractivity contribution is 5.79. The summed E-state index contributed by atoms with van der Waals surface area (Å²) < 4.78 is 4.64. The van der Waals surface area contributed by atoms with E-state index in [9.17, 15) is 9.59 Å². The molecule has 0 radical (unpaired) electrons. The third-order valence-corrected chi connectivity index (χ3v) is 3.97. The Bertz CT molecular complexity index is 472. The van der Waals surface area contributed by atoms with Crippen LogP contribution >= 0.6 is 0 Å². The van der Waals surface area contributed by atoms with Crippen molar-refractivity contribution in [1.82, 2.24) is 4.90 Å². The molecule has 4 nitrogen and oxygen atoms in total. The molecule has 1 aliphatic heterocycles. The highest BCUT2D eigenvalue weighted by atomic mass is 16.5. The zero-order chi connectivity index (χ0) is 14.5. The number of benzene rings is 1. The highest BCUT2D eigenvalue weighted by Crippen LogP contribution is 2.30. The minimum absolute atomic E-state index is 0.0897. The minimum Gasteiger partial charge on any atom is -0.469 e. The van der Waals surface area contributed by atoms with Crippen LogP contribution in [0, 0.1) is 5.92 Å². The molecular formula is C16H21NO3. The number of nitrogens with zero attached hydrogens (tertiary/aromatic N) is 1. The number of methoxy groups -OCH3 is 1. The van der Waals surface area contributed by atoms with Crippen molar-refractivity contribution in [2.45, 2.75) is 32.2 Å². The number of amides is 1.